The Kier molecular flexibility index (Phi) is 5.37. The Hall–Kier alpha value is -2.27. The van der Waals surface area contributed by atoms with E-state index in [0.717, 1.165) is 29.9 Å². The van der Waals surface area contributed by atoms with Crippen LogP contribution in [0.5, 0.6) is 0 Å². The van der Waals surface area contributed by atoms with E-state index in [2.05, 4.69) is 24.3 Å². The van der Waals surface area contributed by atoms with Gasteiger partial charge in [-0.05, 0) is 24.0 Å². The van der Waals surface area contributed by atoms with Crippen LogP contribution in [0.1, 0.15) is 50.7 Å². The first-order valence-electron chi connectivity index (χ1n) is 8.97. The topological polar surface area (TPSA) is 67.1 Å². The molecule has 1 aliphatic rings. The summed E-state index contributed by atoms with van der Waals surface area (Å²) in [4.78, 5) is 12.2. The number of carboxylic acid groups (broad SMARTS) is 1. The second kappa shape index (κ2) is 7.54. The Morgan fingerprint density at radius 2 is 2.08 bits per heavy atom. The van der Waals surface area contributed by atoms with Crippen LogP contribution in [0.25, 0.3) is 0 Å². The van der Waals surface area contributed by atoms with E-state index in [9.17, 15) is 9.90 Å². The number of aromatic nitrogens is 2. The lowest BCUT2D eigenvalue weighted by molar-refractivity contribution is -0.133. The van der Waals surface area contributed by atoms with Gasteiger partial charge in [-0.25, -0.2) is 4.79 Å². The Bertz CT molecular complexity index is 854. The maximum absolute atomic E-state index is 12.2. The summed E-state index contributed by atoms with van der Waals surface area (Å²) in [6.07, 6.45) is 3.44. The summed E-state index contributed by atoms with van der Waals surface area (Å²) in [6, 6.07) is 7.44. The van der Waals surface area contributed by atoms with Gasteiger partial charge in [0.25, 0.3) is 0 Å². The third-order valence-corrected chi connectivity index (χ3v) is 4.83. The summed E-state index contributed by atoms with van der Waals surface area (Å²) in [7, 11) is 0. The van der Waals surface area contributed by atoms with Crippen molar-refractivity contribution in [3.05, 3.63) is 57.9 Å². The monoisotopic (exact) mass is 373 g/mol. The van der Waals surface area contributed by atoms with Crippen LogP contribution < -0.4 is 5.32 Å². The SMILES string of the molecule is CCCC1=C(C(=O)O)C(c2ccccc2Cl)c2cn(CC(C)C)nc2N1. The largest absolute Gasteiger partial charge is 0.478 e. The van der Waals surface area contributed by atoms with Gasteiger partial charge >= 0.3 is 5.97 Å². The van der Waals surface area contributed by atoms with Crippen LogP contribution in [-0.4, -0.2) is 20.9 Å². The van der Waals surface area contributed by atoms with Crippen molar-refractivity contribution >= 4 is 23.4 Å². The molecule has 0 aliphatic carbocycles. The van der Waals surface area contributed by atoms with Gasteiger partial charge in [-0.15, -0.1) is 0 Å². The highest BCUT2D eigenvalue weighted by Gasteiger charge is 2.36. The van der Waals surface area contributed by atoms with E-state index >= 15 is 0 Å². The summed E-state index contributed by atoms with van der Waals surface area (Å²) in [5, 5.41) is 18.5. The molecule has 0 bridgehead atoms. The van der Waals surface area contributed by atoms with E-state index in [1.54, 1.807) is 6.07 Å². The van der Waals surface area contributed by atoms with E-state index in [-0.39, 0.29) is 0 Å². The van der Waals surface area contributed by atoms with Gasteiger partial charge in [0.05, 0.1) is 5.57 Å². The summed E-state index contributed by atoms with van der Waals surface area (Å²) in [5.74, 6) is -0.186. The molecule has 0 fully saturated rings. The van der Waals surface area contributed by atoms with Crippen molar-refractivity contribution in [1.82, 2.24) is 9.78 Å². The Morgan fingerprint density at radius 3 is 2.69 bits per heavy atom. The summed E-state index contributed by atoms with van der Waals surface area (Å²) in [6.45, 7) is 7.06. The number of anilines is 1. The molecule has 2 aromatic rings. The first kappa shape index (κ1) is 18.5. The maximum atomic E-state index is 12.2. The summed E-state index contributed by atoms with van der Waals surface area (Å²) in [5.41, 5.74) is 2.73. The number of carbonyl (C=O) groups is 1. The molecule has 2 N–H and O–H groups in total. The molecule has 2 heterocycles. The molecular weight excluding hydrogens is 350 g/mol. The number of fused-ring (bicyclic) bond motifs is 1. The fraction of sp³-hybridized carbons (Fsp3) is 0.400. The fourth-order valence-electron chi connectivity index (χ4n) is 3.48. The van der Waals surface area contributed by atoms with Crippen LogP contribution in [0.2, 0.25) is 5.02 Å². The molecule has 5 nitrogen and oxygen atoms in total. The van der Waals surface area contributed by atoms with E-state index in [1.807, 2.05) is 36.0 Å². The summed E-state index contributed by atoms with van der Waals surface area (Å²) < 4.78 is 1.89. The van der Waals surface area contributed by atoms with Crippen molar-refractivity contribution in [3.63, 3.8) is 0 Å². The average molecular weight is 374 g/mol. The van der Waals surface area contributed by atoms with E-state index in [4.69, 9.17) is 11.6 Å². The molecule has 0 saturated heterocycles. The number of carboxylic acids is 1. The van der Waals surface area contributed by atoms with Crippen molar-refractivity contribution in [3.8, 4) is 0 Å². The van der Waals surface area contributed by atoms with Gasteiger partial charge in [0.1, 0.15) is 0 Å². The number of nitrogens with one attached hydrogen (secondary N) is 1. The molecule has 3 rings (SSSR count). The molecule has 26 heavy (non-hydrogen) atoms. The third kappa shape index (κ3) is 3.49. The number of nitrogens with zero attached hydrogens (tertiary/aromatic N) is 2. The van der Waals surface area contributed by atoms with Crippen LogP contribution in [-0.2, 0) is 11.3 Å². The van der Waals surface area contributed by atoms with E-state index in [1.165, 1.54) is 0 Å². The molecule has 6 heteroatoms. The number of aliphatic carboxylic acids is 1. The highest BCUT2D eigenvalue weighted by atomic mass is 35.5. The predicted molar refractivity (Wildman–Crippen MR) is 104 cm³/mol. The minimum atomic E-state index is -0.923. The molecule has 138 valence electrons. The van der Waals surface area contributed by atoms with Crippen LogP contribution in [0.15, 0.2) is 41.7 Å². The van der Waals surface area contributed by atoms with Gasteiger partial charge in [0.2, 0.25) is 0 Å². The zero-order valence-corrected chi connectivity index (χ0v) is 16.0. The molecule has 0 saturated carbocycles. The van der Waals surface area contributed by atoms with Gasteiger partial charge in [0, 0.05) is 34.9 Å². The first-order chi connectivity index (χ1) is 12.4. The number of benzene rings is 1. The minimum absolute atomic E-state index is 0.358. The van der Waals surface area contributed by atoms with Crippen molar-refractivity contribution in [1.29, 1.82) is 0 Å². The normalized spacial score (nSPS) is 16.6. The second-order valence-corrected chi connectivity index (χ2v) is 7.48. The second-order valence-electron chi connectivity index (χ2n) is 7.08. The lowest BCUT2D eigenvalue weighted by atomic mass is 9.82. The molecule has 0 amide bonds. The minimum Gasteiger partial charge on any atom is -0.478 e. The van der Waals surface area contributed by atoms with Gasteiger partial charge < -0.3 is 10.4 Å². The highest BCUT2D eigenvalue weighted by Crippen LogP contribution is 2.44. The third-order valence-electron chi connectivity index (χ3n) is 4.48. The molecule has 1 aromatic carbocycles. The van der Waals surface area contributed by atoms with Crippen molar-refractivity contribution in [2.75, 3.05) is 5.32 Å². The first-order valence-corrected chi connectivity index (χ1v) is 9.35. The molecule has 1 unspecified atom stereocenters. The van der Waals surface area contributed by atoms with Crippen LogP contribution >= 0.6 is 11.6 Å². The van der Waals surface area contributed by atoms with E-state index < -0.39 is 11.9 Å². The highest BCUT2D eigenvalue weighted by molar-refractivity contribution is 6.31. The number of rotatable bonds is 6. The van der Waals surface area contributed by atoms with Crippen LogP contribution in [0, 0.1) is 5.92 Å². The summed E-state index contributed by atoms with van der Waals surface area (Å²) >= 11 is 6.45. The fourth-order valence-corrected chi connectivity index (χ4v) is 3.73. The Balaban J connectivity index is 2.19. The van der Waals surface area contributed by atoms with Gasteiger partial charge in [-0.1, -0.05) is 57.0 Å². The lowest BCUT2D eigenvalue weighted by Gasteiger charge is -2.27. The zero-order chi connectivity index (χ0) is 18.8. The molecular formula is C20H24ClN3O2. The quantitative estimate of drug-likeness (QED) is 0.756. The standard InChI is InChI=1S/C20H24ClN3O2/c1-4-7-16-18(20(25)26)17(13-8-5-6-9-15(13)21)14-11-24(10-12(2)3)23-19(14)22-16/h5-6,8-9,11-12,17H,4,7,10H2,1-3H3,(H,22,23)(H,25,26). The van der Waals surface area contributed by atoms with Gasteiger partial charge in [-0.3, -0.25) is 4.68 Å². The molecule has 1 aliphatic heterocycles. The number of hydrogen-bond donors (Lipinski definition) is 2. The lowest BCUT2D eigenvalue weighted by Crippen LogP contribution is -2.23. The average Bonchev–Trinajstić information content (AvgIpc) is 2.95. The van der Waals surface area contributed by atoms with Crippen LogP contribution in [0.3, 0.4) is 0 Å². The van der Waals surface area contributed by atoms with Gasteiger partial charge in [0.15, 0.2) is 5.82 Å². The zero-order valence-electron chi connectivity index (χ0n) is 15.3. The van der Waals surface area contributed by atoms with Crippen molar-refractivity contribution < 1.29 is 9.90 Å². The molecule has 1 aromatic heterocycles. The number of halogens is 1. The number of allylic oxidation sites excluding steroid dienone is 1. The Morgan fingerprint density at radius 1 is 1.35 bits per heavy atom. The van der Waals surface area contributed by atoms with Gasteiger partial charge in [-0.2, -0.15) is 5.10 Å². The predicted octanol–water partition coefficient (Wildman–Crippen LogP) is 4.89. The van der Waals surface area contributed by atoms with Crippen molar-refractivity contribution in [2.45, 2.75) is 46.1 Å². The maximum Gasteiger partial charge on any atom is 0.334 e. The Labute approximate surface area is 158 Å². The molecule has 0 spiro atoms. The molecule has 0 radical (unpaired) electrons. The number of hydrogen-bond acceptors (Lipinski definition) is 3. The van der Waals surface area contributed by atoms with Crippen LogP contribution in [0.4, 0.5) is 5.82 Å². The van der Waals surface area contributed by atoms with E-state index in [0.29, 0.717) is 28.6 Å². The molecule has 1 atom stereocenters. The van der Waals surface area contributed by atoms with Crippen molar-refractivity contribution in [2.24, 2.45) is 5.92 Å². The smallest absolute Gasteiger partial charge is 0.334 e.